The van der Waals surface area contributed by atoms with E-state index in [1.165, 1.54) is 69.0 Å². The average molecular weight is 871 g/mol. The second-order valence-corrected chi connectivity index (χ2v) is 17.4. The van der Waals surface area contributed by atoms with E-state index >= 15 is 4.39 Å². The third-order valence-corrected chi connectivity index (χ3v) is 11.9. The molecule has 0 saturated heterocycles. The normalized spacial score (nSPS) is 11.8. The van der Waals surface area contributed by atoms with Gasteiger partial charge in [-0.3, -0.25) is 0 Å². The van der Waals surface area contributed by atoms with Crippen LogP contribution in [0.3, 0.4) is 0 Å². The van der Waals surface area contributed by atoms with Crippen LogP contribution in [-0.4, -0.2) is 64.4 Å². The lowest BCUT2D eigenvalue weighted by atomic mass is 9.96. The summed E-state index contributed by atoms with van der Waals surface area (Å²) in [5, 5.41) is 12.3. The zero-order valence-electron chi connectivity index (χ0n) is 31.8. The van der Waals surface area contributed by atoms with Gasteiger partial charge in [0.25, 0.3) is 20.0 Å². The van der Waals surface area contributed by atoms with Crippen LogP contribution in [0.25, 0.3) is 22.5 Å². The smallest absolute Gasteiger partial charge is 0.407 e. The van der Waals surface area contributed by atoms with Crippen molar-refractivity contribution >= 4 is 38.5 Å². The molecule has 0 radical (unpaired) electrons. The topological polar surface area (TPSA) is 183 Å². The molecule has 0 spiro atoms. The quantitative estimate of drug-likeness (QED) is 0.0966. The van der Waals surface area contributed by atoms with E-state index < -0.39 is 73.0 Å². The van der Waals surface area contributed by atoms with Crippen LogP contribution >= 0.6 is 12.4 Å². The molecule has 58 heavy (non-hydrogen) atoms. The summed E-state index contributed by atoms with van der Waals surface area (Å²) in [6.07, 6.45) is 5.55. The highest BCUT2D eigenvalue weighted by Gasteiger charge is 2.33. The molecule has 0 atom stereocenters. The second kappa shape index (κ2) is 17.6. The number of aromatic nitrogens is 4. The van der Waals surface area contributed by atoms with E-state index in [9.17, 15) is 39.9 Å². The Bertz CT molecular complexity index is 2650. The van der Waals surface area contributed by atoms with Gasteiger partial charge < -0.3 is 24.2 Å². The van der Waals surface area contributed by atoms with Gasteiger partial charge in [0.2, 0.25) is 11.9 Å². The maximum atomic E-state index is 15.6. The van der Waals surface area contributed by atoms with Crippen molar-refractivity contribution in [3.8, 4) is 22.5 Å². The minimum atomic E-state index is -4.39. The predicted molar refractivity (Wildman–Crippen MR) is 205 cm³/mol. The average Bonchev–Trinajstić information content (AvgIpc) is 3.92. The first-order valence-electron chi connectivity index (χ1n) is 16.9. The Balaban J connectivity index is 0.000000259. The Kier molecular flexibility index (Phi) is 13.7. The van der Waals surface area contributed by atoms with E-state index in [0.29, 0.717) is 3.97 Å². The molecule has 0 aromatic carbocycles. The summed E-state index contributed by atoms with van der Waals surface area (Å²) >= 11 is 0. The minimum Gasteiger partial charge on any atom is -0.468 e. The maximum Gasteiger partial charge on any atom is 0.407 e. The predicted octanol–water partition coefficient (Wildman–Crippen LogP) is 7.60. The molecule has 21 heteroatoms. The molecule has 0 aliphatic rings. The molecule has 0 saturated carbocycles. The van der Waals surface area contributed by atoms with Crippen molar-refractivity contribution in [3.05, 3.63) is 120 Å². The molecule has 6 heterocycles. The van der Waals surface area contributed by atoms with Crippen molar-refractivity contribution in [2.45, 2.75) is 57.5 Å². The van der Waals surface area contributed by atoms with Gasteiger partial charge in [-0.1, -0.05) is 20.8 Å². The first kappa shape index (κ1) is 45.3. The van der Waals surface area contributed by atoms with Crippen molar-refractivity contribution in [1.29, 1.82) is 0 Å². The standard InChI is InChI=1S/C21H23F2N3O5S.C16H15F2N3O3S.ClH/c1-13-16(7-9-31-13)32(29,30)26-11-14(10-25(20(27)28)12-21(2,3)4)17(22)18(26)15-6-5-8-24-19(15)23;1-10-13(5-7-24-10)25(22,23)21-9-11(8-19-2)14(17)15(21)12-4-3-6-20-16(12)18;/h5-9,11H,10,12H2,1-4H3,(H,27,28);3-7,9,19H,8H2,1-2H3;1H. The van der Waals surface area contributed by atoms with E-state index in [-0.39, 0.29) is 69.1 Å². The number of rotatable bonds is 11. The van der Waals surface area contributed by atoms with Gasteiger partial charge in [0, 0.05) is 49.0 Å². The highest BCUT2D eigenvalue weighted by atomic mass is 35.5. The number of pyridine rings is 2. The van der Waals surface area contributed by atoms with Crippen LogP contribution in [0.1, 0.15) is 43.4 Å². The van der Waals surface area contributed by atoms with Crippen LogP contribution < -0.4 is 5.32 Å². The molecule has 6 rings (SSSR count). The van der Waals surface area contributed by atoms with Crippen molar-refractivity contribution in [1.82, 2.24) is 28.1 Å². The molecule has 1 amide bonds. The molecule has 312 valence electrons. The van der Waals surface area contributed by atoms with Crippen LogP contribution in [0.2, 0.25) is 0 Å². The molecule has 14 nitrogen and oxygen atoms in total. The number of carboxylic acid groups (broad SMARTS) is 1. The fraction of sp³-hybridized carbons (Fsp3) is 0.270. The highest BCUT2D eigenvalue weighted by Crippen LogP contribution is 2.35. The van der Waals surface area contributed by atoms with E-state index in [1.807, 2.05) is 20.8 Å². The zero-order chi connectivity index (χ0) is 42.0. The van der Waals surface area contributed by atoms with Gasteiger partial charge in [-0.15, -0.1) is 12.4 Å². The Morgan fingerprint density at radius 2 is 1.22 bits per heavy atom. The largest absolute Gasteiger partial charge is 0.468 e. The molecule has 0 unspecified atom stereocenters. The first-order valence-corrected chi connectivity index (χ1v) is 19.8. The van der Waals surface area contributed by atoms with Crippen LogP contribution in [0, 0.1) is 42.8 Å². The lowest BCUT2D eigenvalue weighted by molar-refractivity contribution is 0.122. The van der Waals surface area contributed by atoms with Gasteiger partial charge in [-0.2, -0.15) is 8.78 Å². The summed E-state index contributed by atoms with van der Waals surface area (Å²) in [5.41, 5.74) is -2.17. The SMILES string of the molecule is CNCc1cn(S(=O)(=O)c2ccoc2C)c(-c2cccnc2F)c1F.Cc1occc1S(=O)(=O)n1cc(CN(CC(C)(C)C)C(=O)O)c(F)c1-c1cccnc1F.Cl. The molecule has 6 aromatic heterocycles. The summed E-state index contributed by atoms with van der Waals surface area (Å²) in [6.45, 7) is 8.05. The lowest BCUT2D eigenvalue weighted by Gasteiger charge is -2.27. The fourth-order valence-electron chi connectivity index (χ4n) is 5.89. The molecule has 0 aliphatic carbocycles. The van der Waals surface area contributed by atoms with Gasteiger partial charge in [-0.25, -0.2) is 48.3 Å². The number of hydrogen-bond acceptors (Lipinski definition) is 10. The van der Waals surface area contributed by atoms with Crippen molar-refractivity contribution in [2.75, 3.05) is 13.6 Å². The molecule has 0 bridgehead atoms. The van der Waals surface area contributed by atoms with E-state index in [1.54, 1.807) is 7.05 Å². The molecular formula is C37H39ClF4N6O8S2. The van der Waals surface area contributed by atoms with Crippen LogP contribution in [-0.2, 0) is 33.1 Å². The number of aryl methyl sites for hydroxylation is 2. The van der Waals surface area contributed by atoms with Gasteiger partial charge in [0.15, 0.2) is 11.6 Å². The summed E-state index contributed by atoms with van der Waals surface area (Å²) in [7, 11) is -6.98. The van der Waals surface area contributed by atoms with Crippen molar-refractivity contribution < 1.29 is 53.1 Å². The maximum absolute atomic E-state index is 15.6. The van der Waals surface area contributed by atoms with Crippen LogP contribution in [0.5, 0.6) is 0 Å². The number of halogens is 5. The number of nitrogens with one attached hydrogen (secondary N) is 1. The molecule has 6 aromatic rings. The second-order valence-electron chi connectivity index (χ2n) is 13.8. The van der Waals surface area contributed by atoms with Gasteiger partial charge in [0.05, 0.1) is 30.2 Å². The lowest BCUT2D eigenvalue weighted by Crippen LogP contribution is -2.36. The third-order valence-electron chi connectivity index (χ3n) is 8.36. The molecule has 0 fully saturated rings. The first-order chi connectivity index (χ1) is 26.7. The van der Waals surface area contributed by atoms with E-state index in [0.717, 1.165) is 27.5 Å². The number of hydrogen-bond donors (Lipinski definition) is 2. The number of amides is 1. The molecule has 2 N–H and O–H groups in total. The van der Waals surface area contributed by atoms with E-state index in [2.05, 4.69) is 15.3 Å². The third kappa shape index (κ3) is 9.14. The molecular weight excluding hydrogens is 832 g/mol. The van der Waals surface area contributed by atoms with Gasteiger partial charge >= 0.3 is 6.09 Å². The Hall–Kier alpha value is -5.44. The number of nitrogens with zero attached hydrogens (tertiary/aromatic N) is 5. The number of carbonyl (C=O) groups is 1. The Labute approximate surface area is 337 Å². The van der Waals surface area contributed by atoms with Crippen LogP contribution in [0.15, 0.2) is 92.3 Å². The van der Waals surface area contributed by atoms with Gasteiger partial charge in [0.1, 0.15) is 32.7 Å². The van der Waals surface area contributed by atoms with E-state index in [4.69, 9.17) is 8.83 Å². The van der Waals surface area contributed by atoms with Crippen molar-refractivity contribution in [3.63, 3.8) is 0 Å². The monoisotopic (exact) mass is 870 g/mol. The summed E-state index contributed by atoms with van der Waals surface area (Å²) in [4.78, 5) is 19.3. The Morgan fingerprint density at radius 1 is 0.793 bits per heavy atom. The van der Waals surface area contributed by atoms with Crippen LogP contribution in [0.4, 0.5) is 22.4 Å². The highest BCUT2D eigenvalue weighted by molar-refractivity contribution is 7.90. The Morgan fingerprint density at radius 3 is 1.59 bits per heavy atom. The summed E-state index contributed by atoms with van der Waals surface area (Å²) in [6, 6.07) is 7.69. The fourth-order valence-corrected chi connectivity index (χ4v) is 8.96. The summed E-state index contributed by atoms with van der Waals surface area (Å²) < 4.78 is 123. The van der Waals surface area contributed by atoms with Crippen molar-refractivity contribution in [2.24, 2.45) is 5.41 Å². The van der Waals surface area contributed by atoms with Gasteiger partial charge in [-0.05, 0) is 62.7 Å². The number of furan rings is 2. The minimum absolute atomic E-state index is 0. The molecule has 0 aliphatic heterocycles. The zero-order valence-corrected chi connectivity index (χ0v) is 34.3. The summed E-state index contributed by atoms with van der Waals surface area (Å²) in [5.74, 6) is -3.69.